The van der Waals surface area contributed by atoms with Crippen molar-refractivity contribution in [2.24, 2.45) is 0 Å². The molecule has 4 rings (SSSR count). The van der Waals surface area contributed by atoms with Crippen LogP contribution in [0.5, 0.6) is 11.5 Å². The molecule has 34 heavy (non-hydrogen) atoms. The van der Waals surface area contributed by atoms with Crippen molar-refractivity contribution >= 4 is 39.7 Å². The zero-order chi connectivity index (χ0) is 24.2. The van der Waals surface area contributed by atoms with E-state index in [-0.39, 0.29) is 11.8 Å². The van der Waals surface area contributed by atoms with Gasteiger partial charge in [-0.2, -0.15) is 0 Å². The summed E-state index contributed by atoms with van der Waals surface area (Å²) in [6.45, 7) is 5.76. The van der Waals surface area contributed by atoms with Gasteiger partial charge in [0.2, 0.25) is 11.8 Å². The first-order chi connectivity index (χ1) is 16.4. The Morgan fingerprint density at radius 3 is 2.59 bits per heavy atom. The van der Waals surface area contributed by atoms with Crippen molar-refractivity contribution in [2.45, 2.75) is 46.5 Å². The number of methoxy groups -OCH3 is 1. The second-order valence-corrected chi connectivity index (χ2v) is 8.40. The first-order valence-corrected chi connectivity index (χ1v) is 11.6. The van der Waals surface area contributed by atoms with Crippen LogP contribution in [0, 0.1) is 0 Å². The Kier molecular flexibility index (Phi) is 6.91. The molecule has 0 bridgehead atoms. The van der Waals surface area contributed by atoms with Gasteiger partial charge in [-0.05, 0) is 62.9 Å². The molecule has 7 nitrogen and oxygen atoms in total. The molecule has 0 unspecified atom stereocenters. The maximum atomic E-state index is 12.9. The van der Waals surface area contributed by atoms with Crippen molar-refractivity contribution in [3.63, 3.8) is 0 Å². The van der Waals surface area contributed by atoms with Gasteiger partial charge in [0.25, 0.3) is 0 Å². The van der Waals surface area contributed by atoms with Crippen LogP contribution in [0.4, 0.5) is 11.4 Å². The largest absolute Gasteiger partial charge is 0.495 e. The van der Waals surface area contributed by atoms with Crippen molar-refractivity contribution < 1.29 is 23.5 Å². The zero-order valence-corrected chi connectivity index (χ0v) is 20.0. The average molecular weight is 463 g/mol. The summed E-state index contributed by atoms with van der Waals surface area (Å²) in [4.78, 5) is 24.3. The number of hydrogen-bond donors (Lipinski definition) is 2. The predicted molar refractivity (Wildman–Crippen MR) is 134 cm³/mol. The molecule has 0 atom stereocenters. The first-order valence-electron chi connectivity index (χ1n) is 11.6. The second kappa shape index (κ2) is 10.0. The zero-order valence-electron chi connectivity index (χ0n) is 20.0. The maximum absolute atomic E-state index is 12.9. The number of carbonyl (C=O) groups excluding carboxylic acids is 2. The number of amides is 2. The lowest BCUT2D eigenvalue weighted by atomic mass is 9.94. The number of furan rings is 1. The monoisotopic (exact) mass is 462 g/mol. The van der Waals surface area contributed by atoms with E-state index in [1.54, 1.807) is 24.3 Å². The van der Waals surface area contributed by atoms with Crippen LogP contribution < -0.4 is 20.1 Å². The molecule has 2 amide bonds. The highest BCUT2D eigenvalue weighted by Crippen LogP contribution is 2.38. The highest BCUT2D eigenvalue weighted by molar-refractivity contribution is 6.06. The molecular weight excluding hydrogens is 432 g/mol. The number of benzene rings is 2. The summed E-state index contributed by atoms with van der Waals surface area (Å²) in [6, 6.07) is 9.08. The molecule has 0 saturated carbocycles. The number of hydrogen-bond acceptors (Lipinski definition) is 5. The molecular formula is C27H30N2O5. The lowest BCUT2D eigenvalue weighted by Gasteiger charge is -2.13. The van der Waals surface area contributed by atoms with E-state index < -0.39 is 0 Å². The highest BCUT2D eigenvalue weighted by atomic mass is 16.5. The molecule has 0 fully saturated rings. The number of ether oxygens (including phenoxy) is 2. The minimum atomic E-state index is -0.312. The number of fused-ring (bicyclic) bond motifs is 3. The fourth-order valence-corrected chi connectivity index (χ4v) is 4.40. The van der Waals surface area contributed by atoms with Gasteiger partial charge >= 0.3 is 0 Å². The van der Waals surface area contributed by atoms with Crippen LogP contribution in [0.3, 0.4) is 0 Å². The second-order valence-electron chi connectivity index (χ2n) is 8.40. The molecule has 0 spiro atoms. The summed E-state index contributed by atoms with van der Waals surface area (Å²) in [7, 11) is 1.53. The van der Waals surface area contributed by atoms with E-state index in [9.17, 15) is 9.59 Å². The fourth-order valence-electron chi connectivity index (χ4n) is 4.40. The van der Waals surface area contributed by atoms with E-state index in [4.69, 9.17) is 13.9 Å². The van der Waals surface area contributed by atoms with Crippen molar-refractivity contribution in [1.82, 2.24) is 0 Å². The average Bonchev–Trinajstić information content (AvgIpc) is 3.16. The molecule has 1 aliphatic rings. The van der Waals surface area contributed by atoms with E-state index in [2.05, 4.69) is 16.7 Å². The van der Waals surface area contributed by atoms with Gasteiger partial charge in [0, 0.05) is 47.7 Å². The molecule has 0 aliphatic heterocycles. The van der Waals surface area contributed by atoms with Crippen LogP contribution in [0.15, 0.2) is 40.8 Å². The Hall–Kier alpha value is -3.74. The normalized spacial score (nSPS) is 13.4. The SMILES string of the molecule is CCOc1cc2oc3c(c2cc1/C(C)=C/C(=O)Nc1cc(NC(C)=O)ccc1OC)CCCC3. The van der Waals surface area contributed by atoms with Crippen molar-refractivity contribution in [3.8, 4) is 11.5 Å². The summed E-state index contributed by atoms with van der Waals surface area (Å²) in [5, 5.41) is 6.66. The number of anilines is 2. The van der Waals surface area contributed by atoms with Crippen LogP contribution in [0.25, 0.3) is 16.5 Å². The number of carbonyl (C=O) groups is 2. The highest BCUT2D eigenvalue weighted by Gasteiger charge is 2.20. The molecule has 3 aromatic rings. The van der Waals surface area contributed by atoms with Gasteiger partial charge < -0.3 is 24.5 Å². The van der Waals surface area contributed by atoms with Crippen molar-refractivity contribution in [1.29, 1.82) is 0 Å². The lowest BCUT2D eigenvalue weighted by Crippen LogP contribution is -2.11. The maximum Gasteiger partial charge on any atom is 0.248 e. The van der Waals surface area contributed by atoms with Crippen LogP contribution in [-0.4, -0.2) is 25.5 Å². The minimum Gasteiger partial charge on any atom is -0.495 e. The predicted octanol–water partition coefficient (Wildman–Crippen LogP) is 5.72. The van der Waals surface area contributed by atoms with E-state index in [0.29, 0.717) is 29.5 Å². The van der Waals surface area contributed by atoms with Gasteiger partial charge in [-0.1, -0.05) is 0 Å². The van der Waals surface area contributed by atoms with E-state index >= 15 is 0 Å². The Balaban J connectivity index is 1.66. The van der Waals surface area contributed by atoms with Crippen LogP contribution in [0.1, 0.15) is 50.5 Å². The summed E-state index contributed by atoms with van der Waals surface area (Å²) < 4.78 is 17.4. The first kappa shape index (κ1) is 23.4. The topological polar surface area (TPSA) is 89.8 Å². The van der Waals surface area contributed by atoms with E-state index in [0.717, 1.165) is 53.5 Å². The lowest BCUT2D eigenvalue weighted by molar-refractivity contribution is -0.114. The van der Waals surface area contributed by atoms with Crippen molar-refractivity contribution in [2.75, 3.05) is 24.4 Å². The van der Waals surface area contributed by atoms with E-state index in [1.807, 2.05) is 19.9 Å². The van der Waals surface area contributed by atoms with Crippen LogP contribution in [-0.2, 0) is 22.4 Å². The van der Waals surface area contributed by atoms with E-state index in [1.165, 1.54) is 19.6 Å². The summed E-state index contributed by atoms with van der Waals surface area (Å²) in [5.74, 6) is 1.74. The van der Waals surface area contributed by atoms with Gasteiger partial charge in [0.1, 0.15) is 22.8 Å². The number of aryl methyl sites for hydroxylation is 2. The number of nitrogens with one attached hydrogen (secondary N) is 2. The van der Waals surface area contributed by atoms with Crippen molar-refractivity contribution in [3.05, 3.63) is 53.3 Å². The Morgan fingerprint density at radius 1 is 1.06 bits per heavy atom. The summed E-state index contributed by atoms with van der Waals surface area (Å²) in [6.07, 6.45) is 5.80. The van der Waals surface area contributed by atoms with Gasteiger partial charge in [-0.3, -0.25) is 9.59 Å². The van der Waals surface area contributed by atoms with Crippen LogP contribution >= 0.6 is 0 Å². The molecule has 0 radical (unpaired) electrons. The number of rotatable bonds is 7. The molecule has 2 N–H and O–H groups in total. The molecule has 2 aromatic carbocycles. The summed E-state index contributed by atoms with van der Waals surface area (Å²) in [5.41, 5.74) is 4.76. The van der Waals surface area contributed by atoms with Gasteiger partial charge in [-0.25, -0.2) is 0 Å². The molecule has 178 valence electrons. The third kappa shape index (κ3) is 4.93. The third-order valence-corrected chi connectivity index (χ3v) is 5.91. The van der Waals surface area contributed by atoms with Gasteiger partial charge in [0.15, 0.2) is 0 Å². The molecule has 0 saturated heterocycles. The number of allylic oxidation sites excluding steroid dienone is 1. The third-order valence-electron chi connectivity index (χ3n) is 5.91. The van der Waals surface area contributed by atoms with Gasteiger partial charge in [0.05, 0.1) is 19.4 Å². The molecule has 1 aliphatic carbocycles. The Morgan fingerprint density at radius 2 is 1.85 bits per heavy atom. The van der Waals surface area contributed by atoms with Gasteiger partial charge in [-0.15, -0.1) is 0 Å². The smallest absolute Gasteiger partial charge is 0.248 e. The summed E-state index contributed by atoms with van der Waals surface area (Å²) >= 11 is 0. The fraction of sp³-hybridized carbons (Fsp3) is 0.333. The molecule has 1 aromatic heterocycles. The van der Waals surface area contributed by atoms with Crippen LogP contribution in [0.2, 0.25) is 0 Å². The minimum absolute atomic E-state index is 0.196. The Labute approximate surface area is 199 Å². The quantitative estimate of drug-likeness (QED) is 0.438. The molecule has 1 heterocycles. The molecule has 7 heteroatoms. The Bertz CT molecular complexity index is 1270. The standard InChI is InChI=1S/C27H30N2O5/c1-5-33-25-15-26-21(19-8-6-7-9-23(19)34-26)14-20(25)16(2)12-27(31)29-22-13-18(28-17(3)30)10-11-24(22)32-4/h10-15H,5-9H2,1-4H3,(H,28,30)(H,29,31)/b16-12+.